The van der Waals surface area contributed by atoms with Crippen LogP contribution in [-0.4, -0.2) is 11.6 Å². The van der Waals surface area contributed by atoms with E-state index in [2.05, 4.69) is 23.8 Å². The minimum Gasteiger partial charge on any atom is -0.494 e. The molecule has 0 atom stereocenters. The maximum absolute atomic E-state index is 12.1. The predicted molar refractivity (Wildman–Crippen MR) is 105 cm³/mol. The number of unbranched alkanes of at least 4 members (excludes halogenated alkanes) is 1. The highest BCUT2D eigenvalue weighted by Gasteiger charge is 2.07. The SMILES string of the molecule is C=C(OCCCC)c1ccc(Nc2nc3ccc(C)cc3c(=O)o2)cc1. The third-order valence-electron chi connectivity index (χ3n) is 4.02. The Labute approximate surface area is 152 Å². The van der Waals surface area contributed by atoms with Crippen molar-refractivity contribution in [1.82, 2.24) is 4.98 Å². The molecule has 0 unspecified atom stereocenters. The first-order valence-corrected chi connectivity index (χ1v) is 8.67. The van der Waals surface area contributed by atoms with Crippen LogP contribution < -0.4 is 10.9 Å². The number of fused-ring (bicyclic) bond motifs is 1. The first-order chi connectivity index (χ1) is 12.6. The van der Waals surface area contributed by atoms with Crippen molar-refractivity contribution in [3.63, 3.8) is 0 Å². The summed E-state index contributed by atoms with van der Waals surface area (Å²) < 4.78 is 10.9. The number of nitrogens with zero attached hydrogens (tertiary/aromatic N) is 1. The molecule has 0 bridgehead atoms. The van der Waals surface area contributed by atoms with Gasteiger partial charge < -0.3 is 14.5 Å². The van der Waals surface area contributed by atoms with Crippen LogP contribution in [0, 0.1) is 6.92 Å². The molecule has 1 heterocycles. The first kappa shape index (κ1) is 17.7. The van der Waals surface area contributed by atoms with E-state index in [1.165, 1.54) is 0 Å². The maximum atomic E-state index is 12.1. The van der Waals surface area contributed by atoms with Gasteiger partial charge in [0.1, 0.15) is 5.76 Å². The van der Waals surface area contributed by atoms with Gasteiger partial charge in [0.25, 0.3) is 0 Å². The molecule has 0 saturated carbocycles. The molecule has 5 nitrogen and oxygen atoms in total. The smallest absolute Gasteiger partial charge is 0.348 e. The summed E-state index contributed by atoms with van der Waals surface area (Å²) in [6.07, 6.45) is 2.09. The lowest BCUT2D eigenvalue weighted by Gasteiger charge is -2.10. The van der Waals surface area contributed by atoms with Gasteiger partial charge in [0.05, 0.1) is 17.5 Å². The van der Waals surface area contributed by atoms with E-state index in [1.807, 2.05) is 43.3 Å². The zero-order valence-corrected chi connectivity index (χ0v) is 15.0. The lowest BCUT2D eigenvalue weighted by Crippen LogP contribution is -2.05. The maximum Gasteiger partial charge on any atom is 0.348 e. The number of nitrogens with one attached hydrogen (secondary N) is 1. The molecule has 0 amide bonds. The van der Waals surface area contributed by atoms with Gasteiger partial charge in [-0.2, -0.15) is 4.98 Å². The summed E-state index contributed by atoms with van der Waals surface area (Å²) in [5.41, 5.74) is 2.86. The molecule has 3 rings (SSSR count). The third kappa shape index (κ3) is 4.11. The van der Waals surface area contributed by atoms with Gasteiger partial charge >= 0.3 is 11.6 Å². The van der Waals surface area contributed by atoms with E-state index in [1.54, 1.807) is 6.07 Å². The second-order valence-electron chi connectivity index (χ2n) is 6.15. The summed E-state index contributed by atoms with van der Waals surface area (Å²) in [5, 5.41) is 3.50. The van der Waals surface area contributed by atoms with Gasteiger partial charge in [-0.3, -0.25) is 0 Å². The van der Waals surface area contributed by atoms with E-state index < -0.39 is 5.63 Å². The molecular weight excluding hydrogens is 328 g/mol. The van der Waals surface area contributed by atoms with Gasteiger partial charge in [0.2, 0.25) is 0 Å². The van der Waals surface area contributed by atoms with Crippen LogP contribution in [0.4, 0.5) is 11.7 Å². The van der Waals surface area contributed by atoms with Crippen molar-refractivity contribution in [3.05, 3.63) is 70.6 Å². The molecule has 2 aromatic carbocycles. The molecule has 0 aliphatic carbocycles. The summed E-state index contributed by atoms with van der Waals surface area (Å²) in [5.74, 6) is 0.649. The van der Waals surface area contributed by atoms with E-state index >= 15 is 0 Å². The molecule has 26 heavy (non-hydrogen) atoms. The highest BCUT2D eigenvalue weighted by Crippen LogP contribution is 2.20. The average Bonchev–Trinajstić information content (AvgIpc) is 2.63. The number of rotatable bonds is 7. The Bertz CT molecular complexity index is 975. The number of anilines is 2. The topological polar surface area (TPSA) is 64.4 Å². The Morgan fingerprint density at radius 3 is 2.73 bits per heavy atom. The van der Waals surface area contributed by atoms with Gasteiger partial charge in [-0.05, 0) is 49.7 Å². The minimum absolute atomic E-state index is 0.164. The van der Waals surface area contributed by atoms with Crippen LogP contribution in [-0.2, 0) is 4.74 Å². The van der Waals surface area contributed by atoms with Crippen LogP contribution >= 0.6 is 0 Å². The number of hydrogen-bond acceptors (Lipinski definition) is 5. The van der Waals surface area contributed by atoms with Gasteiger partial charge in [-0.1, -0.05) is 31.6 Å². The summed E-state index contributed by atoms with van der Waals surface area (Å²) >= 11 is 0. The Morgan fingerprint density at radius 1 is 1.23 bits per heavy atom. The zero-order valence-electron chi connectivity index (χ0n) is 15.0. The lowest BCUT2D eigenvalue weighted by atomic mass is 10.2. The molecule has 0 aliphatic rings. The molecule has 5 heteroatoms. The molecule has 3 aromatic rings. The number of aromatic nitrogens is 1. The molecular formula is C21H22N2O3. The van der Waals surface area contributed by atoms with Crippen LogP contribution in [0.5, 0.6) is 0 Å². The Morgan fingerprint density at radius 2 is 2.00 bits per heavy atom. The van der Waals surface area contributed by atoms with Crippen molar-refractivity contribution in [3.8, 4) is 0 Å². The van der Waals surface area contributed by atoms with Crippen molar-refractivity contribution in [2.24, 2.45) is 0 Å². The van der Waals surface area contributed by atoms with Crippen LogP contribution in [0.1, 0.15) is 30.9 Å². The zero-order chi connectivity index (χ0) is 18.5. The van der Waals surface area contributed by atoms with Crippen molar-refractivity contribution in [2.45, 2.75) is 26.7 Å². The standard InChI is InChI=1S/C21H22N2O3/c1-4-5-12-25-15(3)16-7-9-17(10-8-16)22-21-23-19-11-6-14(2)13-18(19)20(24)26-21/h6-11,13H,3-5,12H2,1-2H3,(H,22,23). The molecule has 0 fully saturated rings. The van der Waals surface area contributed by atoms with E-state index in [9.17, 15) is 4.79 Å². The normalized spacial score (nSPS) is 10.7. The quantitative estimate of drug-likeness (QED) is 0.478. The fourth-order valence-corrected chi connectivity index (χ4v) is 2.53. The van der Waals surface area contributed by atoms with E-state index in [0.29, 0.717) is 23.3 Å². The second-order valence-corrected chi connectivity index (χ2v) is 6.15. The van der Waals surface area contributed by atoms with Gasteiger partial charge in [-0.15, -0.1) is 0 Å². The Hall–Kier alpha value is -3.08. The summed E-state index contributed by atoms with van der Waals surface area (Å²) in [6.45, 7) is 8.66. The fourth-order valence-electron chi connectivity index (χ4n) is 2.53. The molecule has 0 saturated heterocycles. The van der Waals surface area contributed by atoms with Crippen molar-refractivity contribution >= 4 is 28.4 Å². The largest absolute Gasteiger partial charge is 0.494 e. The highest BCUT2D eigenvalue weighted by molar-refractivity contribution is 5.79. The summed E-state index contributed by atoms with van der Waals surface area (Å²) in [4.78, 5) is 16.5. The number of aryl methyl sites for hydroxylation is 1. The van der Waals surface area contributed by atoms with E-state index in [4.69, 9.17) is 9.15 Å². The third-order valence-corrected chi connectivity index (χ3v) is 4.02. The molecule has 1 N–H and O–H groups in total. The molecule has 134 valence electrons. The molecule has 0 radical (unpaired) electrons. The van der Waals surface area contributed by atoms with Crippen molar-refractivity contribution < 1.29 is 9.15 Å². The number of benzene rings is 2. The van der Waals surface area contributed by atoms with Crippen LogP contribution in [0.15, 0.2) is 58.3 Å². The minimum atomic E-state index is -0.407. The predicted octanol–water partition coefficient (Wildman–Crippen LogP) is 5.03. The van der Waals surface area contributed by atoms with Crippen LogP contribution in [0.3, 0.4) is 0 Å². The highest BCUT2D eigenvalue weighted by atomic mass is 16.5. The average molecular weight is 350 g/mol. The second kappa shape index (κ2) is 7.87. The number of hydrogen-bond donors (Lipinski definition) is 1. The summed E-state index contributed by atoms with van der Waals surface area (Å²) in [6, 6.07) is 13.2. The van der Waals surface area contributed by atoms with E-state index in [-0.39, 0.29) is 6.01 Å². The number of ether oxygens (including phenoxy) is 1. The van der Waals surface area contributed by atoms with Gasteiger partial charge in [-0.25, -0.2) is 4.79 Å². The molecule has 1 aromatic heterocycles. The van der Waals surface area contributed by atoms with Gasteiger partial charge in [0.15, 0.2) is 0 Å². The monoisotopic (exact) mass is 350 g/mol. The van der Waals surface area contributed by atoms with Gasteiger partial charge in [0, 0.05) is 11.3 Å². The first-order valence-electron chi connectivity index (χ1n) is 8.67. The van der Waals surface area contributed by atoms with Crippen LogP contribution in [0.25, 0.3) is 16.7 Å². The Kier molecular flexibility index (Phi) is 5.37. The van der Waals surface area contributed by atoms with Crippen molar-refractivity contribution in [2.75, 3.05) is 11.9 Å². The lowest BCUT2D eigenvalue weighted by molar-refractivity contribution is 0.271. The molecule has 0 aliphatic heterocycles. The van der Waals surface area contributed by atoms with Crippen molar-refractivity contribution in [1.29, 1.82) is 0 Å². The Balaban J connectivity index is 1.75. The van der Waals surface area contributed by atoms with E-state index in [0.717, 1.165) is 29.7 Å². The summed E-state index contributed by atoms with van der Waals surface area (Å²) in [7, 11) is 0. The fraction of sp³-hybridized carbons (Fsp3) is 0.238. The van der Waals surface area contributed by atoms with Crippen LogP contribution in [0.2, 0.25) is 0 Å². The molecule has 0 spiro atoms.